The number of imidazole rings is 3. The Bertz CT molecular complexity index is 5880. The summed E-state index contributed by atoms with van der Waals surface area (Å²) in [5.74, 6) is 5.55. The van der Waals surface area contributed by atoms with Gasteiger partial charge in [0.25, 0.3) is 11.8 Å². The van der Waals surface area contributed by atoms with Gasteiger partial charge in [-0.25, -0.2) is 29.9 Å². The maximum atomic E-state index is 13.6. The summed E-state index contributed by atoms with van der Waals surface area (Å²) in [5, 5.41) is 3.85. The molecule has 15 aromatic rings. The van der Waals surface area contributed by atoms with Gasteiger partial charge in [0.15, 0.2) is 5.78 Å². The van der Waals surface area contributed by atoms with E-state index in [9.17, 15) is 19.2 Å². The molecule has 4 fully saturated rings. The van der Waals surface area contributed by atoms with E-state index < -0.39 is 0 Å². The van der Waals surface area contributed by atoms with Crippen molar-refractivity contribution in [3.63, 3.8) is 0 Å². The zero-order chi connectivity index (χ0) is 74.1. The lowest BCUT2D eigenvalue weighted by atomic mass is 9.90. The van der Waals surface area contributed by atoms with Crippen LogP contribution in [0.4, 0.5) is 17.5 Å². The lowest BCUT2D eigenvalue weighted by molar-refractivity contribution is -0.135. The lowest BCUT2D eigenvalue weighted by Gasteiger charge is -2.34. The molecule has 0 atom stereocenters. The van der Waals surface area contributed by atoms with Gasteiger partial charge in [0.2, 0.25) is 5.91 Å². The number of H-pyrrole nitrogens is 3. The van der Waals surface area contributed by atoms with Crippen LogP contribution in [0, 0.1) is 6.92 Å². The molecule has 25 heteroatoms. The second-order valence-electron chi connectivity index (χ2n) is 28.6. The number of nitrogens with one attached hydrogen (secondary N) is 3. The van der Waals surface area contributed by atoms with Crippen molar-refractivity contribution >= 4 is 113 Å². The van der Waals surface area contributed by atoms with E-state index in [1.165, 1.54) is 23.8 Å². The molecule has 0 unspecified atom stereocenters. The number of aromatic nitrogens is 12. The van der Waals surface area contributed by atoms with Crippen molar-refractivity contribution in [3.8, 4) is 39.9 Å². The first-order valence-electron chi connectivity index (χ1n) is 36.6. The molecular weight excluding hydrogens is 1400 g/mol. The molecule has 0 radical (unpaired) electrons. The number of likely N-dealkylation sites (tertiary alicyclic amines) is 3. The molecule has 3 aliphatic heterocycles. The lowest BCUT2D eigenvalue weighted by Crippen LogP contribution is -2.43. The number of piperidine rings is 3. The van der Waals surface area contributed by atoms with Gasteiger partial charge in [-0.3, -0.25) is 32.4 Å². The number of rotatable bonds is 12. The van der Waals surface area contributed by atoms with Crippen LogP contribution in [0.2, 0.25) is 5.02 Å². The number of nitrogens with two attached hydrogens (primary N) is 3. The third kappa shape index (κ3) is 12.8. The first-order chi connectivity index (χ1) is 52.6. The summed E-state index contributed by atoms with van der Waals surface area (Å²) >= 11 is 7.39. The second-order valence-corrected chi connectivity index (χ2v) is 30.1. The number of amides is 3. The Kier molecular flexibility index (Phi) is 18.1. The van der Waals surface area contributed by atoms with Crippen LogP contribution >= 0.6 is 22.9 Å². The number of Topliss-reactive ketones (excluding diaryl/α,β-unsaturated/α-hetero) is 1. The predicted octanol–water partition coefficient (Wildman–Crippen LogP) is 15.1. The largest absolute Gasteiger partial charge is 0.495 e. The summed E-state index contributed by atoms with van der Waals surface area (Å²) in [4.78, 5) is 97.1. The van der Waals surface area contributed by atoms with Crippen LogP contribution in [-0.2, 0) is 10.2 Å². The van der Waals surface area contributed by atoms with Crippen molar-refractivity contribution < 1.29 is 23.9 Å². The summed E-state index contributed by atoms with van der Waals surface area (Å²) in [6.45, 7) is 7.62. The van der Waals surface area contributed by atoms with E-state index in [0.717, 1.165) is 171 Å². The zero-order valence-electron chi connectivity index (χ0n) is 59.9. The molecule has 13 heterocycles. The number of ether oxygens (including phenoxy) is 1. The highest BCUT2D eigenvalue weighted by Crippen LogP contribution is 2.51. The van der Waals surface area contributed by atoms with Crippen molar-refractivity contribution in [1.29, 1.82) is 0 Å². The van der Waals surface area contributed by atoms with Crippen LogP contribution in [0.5, 0.6) is 5.75 Å². The van der Waals surface area contributed by atoms with Gasteiger partial charge in [0.1, 0.15) is 74.3 Å². The normalized spacial score (nSPS) is 15.6. The number of aryl methyl sites for hydroxylation is 1. The molecule has 0 bridgehead atoms. The summed E-state index contributed by atoms with van der Waals surface area (Å²) in [6.07, 6.45) is 17.7. The molecule has 9 N–H and O–H groups in total. The summed E-state index contributed by atoms with van der Waals surface area (Å²) < 4.78 is 11.5. The summed E-state index contributed by atoms with van der Waals surface area (Å²) in [5.41, 5.74) is 32.4. The molecular formula is C83H79ClN18O5S. The molecule has 1 saturated carbocycles. The van der Waals surface area contributed by atoms with Crippen LogP contribution in [0.15, 0.2) is 183 Å². The zero-order valence-corrected chi connectivity index (χ0v) is 61.5. The number of aromatic amines is 3. The molecule has 3 amide bonds. The van der Waals surface area contributed by atoms with Gasteiger partial charge < -0.3 is 51.6 Å². The molecule has 544 valence electrons. The quantitative estimate of drug-likeness (QED) is 0.0620. The fourth-order valence-corrected chi connectivity index (χ4v) is 17.1. The van der Waals surface area contributed by atoms with Crippen LogP contribution in [0.3, 0.4) is 0 Å². The third-order valence-electron chi connectivity index (χ3n) is 22.0. The highest BCUT2D eigenvalue weighted by atomic mass is 35.5. The Morgan fingerprint density at radius 2 is 0.898 bits per heavy atom. The standard InChI is InChI=1S/C30H30N6O.C27H25ClN6O2.C26H24N6O2S/c1-19-6-8-22(9-7-19)30(12-13-30)29(37)35-15-10-20(11-16-35)28-34-25(26-27(31)32-14-17-36(26)28)24-18-21-4-2-3-5-23(21)33-24;1-36-22-15-18(6-7-19(22)28)27(35)33-11-8-16(9-12-33)26-32-23(24-25(29)30-10-13-34(24)26)21-14-17-4-2-3-5-20(17)31-21;1-15(33)20-6-7-21(35-20)26(34)31-11-8-16(9-12-31)25-30-22(23-24(27)28-10-13-32(23)25)19-14-17-4-2-3-5-18(17)29-19/h2-9,14,17-18,20,33H,10-13,15-16H2,1H3,(H2,31,32);2-7,10,13-16,31H,8-9,11-12H2,1H3,(H2,29,30);2-7,10,13-14,16,29H,8-9,11-12H2,1H3,(H2,27,28). The van der Waals surface area contributed by atoms with Gasteiger partial charge in [-0.15, -0.1) is 11.3 Å². The Balaban J connectivity index is 0.000000119. The average molecular weight is 1480 g/mol. The Labute approximate surface area is 629 Å². The molecule has 0 spiro atoms. The number of carbonyl (C=O) groups excluding carboxylic acids is 4. The van der Waals surface area contributed by atoms with Gasteiger partial charge in [-0.2, -0.15) is 0 Å². The fourth-order valence-electron chi connectivity index (χ4n) is 16.0. The van der Waals surface area contributed by atoms with Crippen LogP contribution < -0.4 is 21.9 Å². The number of thiophene rings is 1. The minimum Gasteiger partial charge on any atom is -0.495 e. The topological polar surface area (TPSA) is 303 Å². The maximum Gasteiger partial charge on any atom is 0.263 e. The van der Waals surface area contributed by atoms with Gasteiger partial charge in [0, 0.05) is 132 Å². The molecule has 10 aromatic heterocycles. The van der Waals surface area contributed by atoms with Gasteiger partial charge in [-0.1, -0.05) is 96.0 Å². The second kappa shape index (κ2) is 28.3. The SMILES string of the molecule is CC(=O)c1ccc(C(=O)N2CCC(c3nc(-c4cc5ccccc5[nH]4)c4c(N)nccn34)CC2)s1.COc1cc(C(=O)N2CCC(c3nc(-c4cc5ccccc5[nH]4)c4c(N)nccn34)CC2)ccc1Cl.Cc1ccc(C2(C(=O)N3CCC(c4nc(-c5cc6ccccc6[nH]5)c5c(N)nccn45)CC3)CC2)cc1. The Morgan fingerprint density at radius 3 is 1.29 bits per heavy atom. The smallest absolute Gasteiger partial charge is 0.263 e. The maximum absolute atomic E-state index is 13.6. The number of benzene rings is 5. The number of para-hydroxylation sites is 3. The number of hydrogen-bond acceptors (Lipinski definition) is 15. The number of hydrogen-bond donors (Lipinski definition) is 6. The fraction of sp³-hybridized carbons (Fsp3) is 0.253. The minimum absolute atomic E-state index is 0.0128. The molecule has 23 nitrogen and oxygen atoms in total. The number of ketones is 1. The molecule has 108 heavy (non-hydrogen) atoms. The van der Waals surface area contributed by atoms with E-state index in [0.29, 0.717) is 69.7 Å². The number of methoxy groups -OCH3 is 1. The number of anilines is 3. The summed E-state index contributed by atoms with van der Waals surface area (Å²) in [6, 6.07) is 47.9. The van der Waals surface area contributed by atoms with Crippen LogP contribution in [-0.4, -0.2) is 143 Å². The Hall–Kier alpha value is -12.2. The number of nitrogens with zero attached hydrogens (tertiary/aromatic N) is 12. The number of carbonyl (C=O) groups is 4. The minimum atomic E-state index is -0.316. The van der Waals surface area contributed by atoms with Crippen molar-refractivity contribution in [2.75, 3.05) is 63.6 Å². The first kappa shape index (κ1) is 68.9. The Morgan fingerprint density at radius 1 is 0.500 bits per heavy atom. The average Bonchev–Trinajstić information content (AvgIpc) is 1.55. The van der Waals surface area contributed by atoms with E-state index in [4.69, 9.17) is 48.5 Å². The number of fused-ring (bicyclic) bond motifs is 6. The molecule has 4 aliphatic rings. The van der Waals surface area contributed by atoms with Gasteiger partial charge in [-0.05, 0) is 138 Å². The van der Waals surface area contributed by atoms with E-state index in [1.807, 2.05) is 81.3 Å². The van der Waals surface area contributed by atoms with Gasteiger partial charge >= 0.3 is 0 Å². The molecule has 3 saturated heterocycles. The van der Waals surface area contributed by atoms with E-state index in [1.54, 1.807) is 56.0 Å². The third-order valence-corrected chi connectivity index (χ3v) is 23.4. The molecule has 19 rings (SSSR count). The highest BCUT2D eigenvalue weighted by Gasteiger charge is 2.53. The van der Waals surface area contributed by atoms with Gasteiger partial charge in [0.05, 0.1) is 44.4 Å². The molecule has 5 aromatic carbocycles. The van der Waals surface area contributed by atoms with E-state index in [-0.39, 0.29) is 46.7 Å². The summed E-state index contributed by atoms with van der Waals surface area (Å²) in [7, 11) is 1.54. The predicted molar refractivity (Wildman–Crippen MR) is 423 cm³/mol. The van der Waals surface area contributed by atoms with E-state index >= 15 is 0 Å². The monoisotopic (exact) mass is 1470 g/mol. The van der Waals surface area contributed by atoms with Crippen molar-refractivity contribution in [3.05, 3.63) is 232 Å². The van der Waals surface area contributed by atoms with E-state index in [2.05, 4.69) is 117 Å². The highest BCUT2D eigenvalue weighted by molar-refractivity contribution is 7.16. The van der Waals surface area contributed by atoms with Crippen molar-refractivity contribution in [1.82, 2.24) is 72.8 Å². The number of halogens is 1. The van der Waals surface area contributed by atoms with Crippen LogP contribution in [0.1, 0.15) is 134 Å². The molecule has 1 aliphatic carbocycles. The first-order valence-corrected chi connectivity index (χ1v) is 37.8. The number of nitrogen functional groups attached to an aromatic ring is 3. The van der Waals surface area contributed by atoms with Crippen LogP contribution in [0.25, 0.3) is 83.4 Å². The van der Waals surface area contributed by atoms with Crippen molar-refractivity contribution in [2.24, 2.45) is 0 Å². The van der Waals surface area contributed by atoms with Crippen molar-refractivity contribution in [2.45, 2.75) is 88.4 Å².